The topological polar surface area (TPSA) is 72.0 Å². The molecular weight excluding hydrogens is 314 g/mol. The SMILES string of the molecule is C=CC(=O)Nc1cc(CC(C)=O)cc(-c2cnc3ccccc3n2)c1. The third kappa shape index (κ3) is 3.95. The summed E-state index contributed by atoms with van der Waals surface area (Å²) in [7, 11) is 0. The number of benzene rings is 2. The van der Waals surface area contributed by atoms with E-state index in [2.05, 4.69) is 21.9 Å². The molecule has 0 bridgehead atoms. The number of rotatable bonds is 5. The van der Waals surface area contributed by atoms with Crippen LogP contribution in [0.4, 0.5) is 5.69 Å². The lowest BCUT2D eigenvalue weighted by Gasteiger charge is -2.10. The van der Waals surface area contributed by atoms with E-state index in [0.717, 1.165) is 22.2 Å². The van der Waals surface area contributed by atoms with Crippen LogP contribution >= 0.6 is 0 Å². The third-order valence-electron chi connectivity index (χ3n) is 3.64. The van der Waals surface area contributed by atoms with Gasteiger partial charge < -0.3 is 5.32 Å². The van der Waals surface area contributed by atoms with Crippen LogP contribution in [0.2, 0.25) is 0 Å². The Morgan fingerprint density at radius 1 is 1.16 bits per heavy atom. The van der Waals surface area contributed by atoms with Gasteiger partial charge in [-0.05, 0) is 48.9 Å². The molecule has 1 heterocycles. The molecule has 0 radical (unpaired) electrons. The van der Waals surface area contributed by atoms with E-state index in [9.17, 15) is 9.59 Å². The predicted octanol–water partition coefficient (Wildman–Crippen LogP) is 3.55. The first-order chi connectivity index (χ1) is 12.0. The number of carbonyl (C=O) groups is 2. The van der Waals surface area contributed by atoms with Gasteiger partial charge in [-0.25, -0.2) is 4.98 Å². The van der Waals surface area contributed by atoms with Gasteiger partial charge in [0.05, 0.1) is 22.9 Å². The van der Waals surface area contributed by atoms with Crippen molar-refractivity contribution in [2.75, 3.05) is 5.32 Å². The number of fused-ring (bicyclic) bond motifs is 1. The van der Waals surface area contributed by atoms with Crippen molar-refractivity contribution in [1.82, 2.24) is 9.97 Å². The molecule has 0 spiro atoms. The summed E-state index contributed by atoms with van der Waals surface area (Å²) in [6, 6.07) is 13.1. The van der Waals surface area contributed by atoms with E-state index in [1.165, 1.54) is 13.0 Å². The number of Topliss-reactive ketones (excluding diaryl/α,β-unsaturated/α-hetero) is 1. The normalized spacial score (nSPS) is 10.4. The largest absolute Gasteiger partial charge is 0.322 e. The second kappa shape index (κ2) is 7.05. The van der Waals surface area contributed by atoms with Gasteiger partial charge in [-0.1, -0.05) is 18.7 Å². The first kappa shape index (κ1) is 16.5. The zero-order valence-electron chi connectivity index (χ0n) is 13.8. The van der Waals surface area contributed by atoms with Crippen molar-refractivity contribution in [2.24, 2.45) is 0 Å². The van der Waals surface area contributed by atoms with Gasteiger partial charge in [-0.2, -0.15) is 0 Å². The van der Waals surface area contributed by atoms with Crippen molar-refractivity contribution < 1.29 is 9.59 Å². The second-order valence-corrected chi connectivity index (χ2v) is 5.73. The standard InChI is InChI=1S/C20H17N3O2/c1-3-20(25)22-16-10-14(8-13(2)24)9-15(11-16)19-12-21-17-6-4-5-7-18(17)23-19/h3-7,9-12H,1,8H2,2H3,(H,22,25). The number of nitrogens with zero attached hydrogens (tertiary/aromatic N) is 2. The van der Waals surface area contributed by atoms with Crippen LogP contribution in [-0.2, 0) is 16.0 Å². The Hall–Kier alpha value is -3.34. The molecule has 0 saturated carbocycles. The van der Waals surface area contributed by atoms with Crippen molar-refractivity contribution >= 4 is 28.4 Å². The van der Waals surface area contributed by atoms with E-state index in [-0.39, 0.29) is 18.1 Å². The van der Waals surface area contributed by atoms with Crippen LogP contribution in [0.25, 0.3) is 22.3 Å². The molecule has 0 aliphatic carbocycles. The second-order valence-electron chi connectivity index (χ2n) is 5.73. The van der Waals surface area contributed by atoms with Crippen LogP contribution in [-0.4, -0.2) is 21.7 Å². The molecule has 0 unspecified atom stereocenters. The molecule has 1 N–H and O–H groups in total. The Kier molecular flexibility index (Phi) is 4.66. The maximum atomic E-state index is 11.6. The zero-order chi connectivity index (χ0) is 17.8. The lowest BCUT2D eigenvalue weighted by Crippen LogP contribution is -2.08. The maximum absolute atomic E-state index is 11.6. The molecule has 0 fully saturated rings. The summed E-state index contributed by atoms with van der Waals surface area (Å²) in [6.45, 7) is 4.99. The number of hydrogen-bond acceptors (Lipinski definition) is 4. The molecule has 0 aliphatic rings. The van der Waals surface area contributed by atoms with Crippen LogP contribution in [0.15, 0.2) is 61.3 Å². The smallest absolute Gasteiger partial charge is 0.247 e. The Labute approximate surface area is 145 Å². The molecule has 5 nitrogen and oxygen atoms in total. The van der Waals surface area contributed by atoms with Gasteiger partial charge in [0.1, 0.15) is 5.78 Å². The highest BCUT2D eigenvalue weighted by atomic mass is 16.1. The predicted molar refractivity (Wildman–Crippen MR) is 98.2 cm³/mol. The van der Waals surface area contributed by atoms with Crippen molar-refractivity contribution in [3.05, 3.63) is 66.9 Å². The fourth-order valence-corrected chi connectivity index (χ4v) is 2.59. The van der Waals surface area contributed by atoms with Gasteiger partial charge in [0.2, 0.25) is 5.91 Å². The van der Waals surface area contributed by atoms with Gasteiger partial charge in [0.15, 0.2) is 0 Å². The van der Waals surface area contributed by atoms with E-state index in [4.69, 9.17) is 0 Å². The summed E-state index contributed by atoms with van der Waals surface area (Å²) in [5.74, 6) is -0.265. The lowest BCUT2D eigenvalue weighted by molar-refractivity contribution is -0.116. The van der Waals surface area contributed by atoms with Gasteiger partial charge >= 0.3 is 0 Å². The average molecular weight is 331 g/mol. The van der Waals surface area contributed by atoms with Gasteiger partial charge in [0, 0.05) is 17.7 Å². The van der Waals surface area contributed by atoms with Crippen molar-refractivity contribution in [3.8, 4) is 11.3 Å². The highest BCUT2D eigenvalue weighted by molar-refractivity contribution is 5.99. The molecule has 25 heavy (non-hydrogen) atoms. The van der Waals surface area contributed by atoms with Gasteiger partial charge in [0.25, 0.3) is 0 Å². The molecule has 0 saturated heterocycles. The van der Waals surface area contributed by atoms with E-state index in [0.29, 0.717) is 11.4 Å². The molecule has 5 heteroatoms. The number of anilines is 1. The van der Waals surface area contributed by atoms with Crippen molar-refractivity contribution in [1.29, 1.82) is 0 Å². The number of para-hydroxylation sites is 2. The van der Waals surface area contributed by atoms with Crippen LogP contribution in [0.3, 0.4) is 0 Å². The van der Waals surface area contributed by atoms with Crippen molar-refractivity contribution in [3.63, 3.8) is 0 Å². The summed E-state index contributed by atoms with van der Waals surface area (Å²) in [4.78, 5) is 32.2. The van der Waals surface area contributed by atoms with Crippen molar-refractivity contribution in [2.45, 2.75) is 13.3 Å². The molecule has 3 rings (SSSR count). The van der Waals surface area contributed by atoms with Crippen LogP contribution in [0, 0.1) is 0 Å². The fraction of sp³-hybridized carbons (Fsp3) is 0.100. The molecule has 1 aromatic heterocycles. The summed E-state index contributed by atoms with van der Waals surface area (Å²) < 4.78 is 0. The first-order valence-corrected chi connectivity index (χ1v) is 7.84. The fourth-order valence-electron chi connectivity index (χ4n) is 2.59. The number of hydrogen-bond donors (Lipinski definition) is 1. The van der Waals surface area contributed by atoms with Crippen LogP contribution in [0.1, 0.15) is 12.5 Å². The molecule has 0 aliphatic heterocycles. The molecule has 3 aromatic rings. The number of amides is 1. The number of ketones is 1. The third-order valence-corrected chi connectivity index (χ3v) is 3.64. The average Bonchev–Trinajstić information content (AvgIpc) is 2.60. The number of nitrogens with one attached hydrogen (secondary N) is 1. The van der Waals surface area contributed by atoms with Gasteiger partial charge in [-0.3, -0.25) is 14.6 Å². The van der Waals surface area contributed by atoms with Crippen LogP contribution < -0.4 is 5.32 Å². The first-order valence-electron chi connectivity index (χ1n) is 7.84. The molecular formula is C20H17N3O2. The summed E-state index contributed by atoms with van der Waals surface area (Å²) in [6.07, 6.45) is 3.17. The Morgan fingerprint density at radius 3 is 2.64 bits per heavy atom. The Balaban J connectivity index is 2.08. The van der Waals surface area contributed by atoms with E-state index in [1.807, 2.05) is 36.4 Å². The molecule has 124 valence electrons. The monoisotopic (exact) mass is 331 g/mol. The highest BCUT2D eigenvalue weighted by Gasteiger charge is 2.09. The quantitative estimate of drug-likeness (QED) is 0.726. The zero-order valence-corrected chi connectivity index (χ0v) is 13.8. The molecule has 1 amide bonds. The highest BCUT2D eigenvalue weighted by Crippen LogP contribution is 2.25. The lowest BCUT2D eigenvalue weighted by atomic mass is 10.0. The minimum atomic E-state index is -0.310. The number of carbonyl (C=O) groups excluding carboxylic acids is 2. The van der Waals surface area contributed by atoms with E-state index in [1.54, 1.807) is 12.3 Å². The van der Waals surface area contributed by atoms with Crippen LogP contribution in [0.5, 0.6) is 0 Å². The van der Waals surface area contributed by atoms with E-state index < -0.39 is 0 Å². The number of aromatic nitrogens is 2. The Bertz CT molecular complexity index is 980. The Morgan fingerprint density at radius 2 is 1.92 bits per heavy atom. The summed E-state index contributed by atoms with van der Waals surface area (Å²) in [5, 5.41) is 2.74. The minimum Gasteiger partial charge on any atom is -0.322 e. The maximum Gasteiger partial charge on any atom is 0.247 e. The van der Waals surface area contributed by atoms with E-state index >= 15 is 0 Å². The summed E-state index contributed by atoms with van der Waals surface area (Å²) in [5.41, 5.74) is 4.46. The van der Waals surface area contributed by atoms with Gasteiger partial charge in [-0.15, -0.1) is 0 Å². The molecule has 2 aromatic carbocycles. The summed E-state index contributed by atoms with van der Waals surface area (Å²) >= 11 is 0. The molecule has 0 atom stereocenters. The minimum absolute atomic E-state index is 0.0442.